The molecule has 6 aliphatic carbocycles. The van der Waals surface area contributed by atoms with Crippen molar-refractivity contribution < 1.29 is 29.0 Å². The van der Waals surface area contributed by atoms with Crippen LogP contribution in [0.5, 0.6) is 0 Å². The van der Waals surface area contributed by atoms with Crippen LogP contribution in [0.25, 0.3) is 0 Å². The Morgan fingerprint density at radius 2 is 1.57 bits per heavy atom. The molecule has 0 aromatic heterocycles. The fraction of sp³-hybridized carbons (Fsp3) is 0.900. The molecule has 0 spiro atoms. The summed E-state index contributed by atoms with van der Waals surface area (Å²) >= 11 is 0. The summed E-state index contributed by atoms with van der Waals surface area (Å²) in [6.07, 6.45) is 10.4. The van der Waals surface area contributed by atoms with Crippen molar-refractivity contribution in [3.63, 3.8) is 0 Å². The predicted molar refractivity (Wildman–Crippen MR) is 181 cm³/mol. The van der Waals surface area contributed by atoms with Crippen LogP contribution in [0.15, 0.2) is 0 Å². The summed E-state index contributed by atoms with van der Waals surface area (Å²) in [6, 6.07) is 0. The molecule has 6 saturated carbocycles. The van der Waals surface area contributed by atoms with Crippen LogP contribution in [0.1, 0.15) is 139 Å². The lowest BCUT2D eigenvalue weighted by atomic mass is 9.32. The molecule has 47 heavy (non-hydrogen) atoms. The summed E-state index contributed by atoms with van der Waals surface area (Å²) in [4.78, 5) is 52.8. The zero-order valence-electron chi connectivity index (χ0n) is 30.8. The molecule has 1 amide bonds. The highest BCUT2D eigenvalue weighted by Crippen LogP contribution is 2.77. The Kier molecular flexibility index (Phi) is 8.40. The van der Waals surface area contributed by atoms with E-state index in [1.807, 2.05) is 0 Å². The number of Topliss-reactive ketones (excluding diaryl/α,β-unsaturated/α-hetero) is 1. The van der Waals surface area contributed by atoms with Crippen molar-refractivity contribution in [3.05, 3.63) is 0 Å². The van der Waals surface area contributed by atoms with Crippen molar-refractivity contribution in [2.45, 2.75) is 145 Å². The molecule has 0 radical (unpaired) electrons. The standard InChI is InChI=1S/C40H63NO6/c1-23(2)31-26(42)20-40(33(44)41-22-24-10-11-24)19-18-38(8)25(32(31)40)12-13-28-37(7)16-15-29(47-30(43)21-35(3,4)34(45)46)36(5,6)27(37)14-17-39(28,38)9/h23-25,27-29,31-32H,10-22H2,1-9H3,(H,41,44)(H,45,46)/t25-,27?,28?,29+,31?,32?,37+,38-,39-,40-/m1/s1. The number of fused-ring (bicyclic) bond motifs is 7. The van der Waals surface area contributed by atoms with Gasteiger partial charge in [0.05, 0.1) is 17.3 Å². The van der Waals surface area contributed by atoms with Gasteiger partial charge in [-0.05, 0) is 130 Å². The van der Waals surface area contributed by atoms with Crippen LogP contribution >= 0.6 is 0 Å². The van der Waals surface area contributed by atoms with E-state index in [-0.39, 0.29) is 57.8 Å². The Hall–Kier alpha value is -1.92. The predicted octanol–water partition coefficient (Wildman–Crippen LogP) is 7.84. The van der Waals surface area contributed by atoms with Gasteiger partial charge in [0.1, 0.15) is 11.9 Å². The Bertz CT molecular complexity index is 1320. The number of hydrogen-bond acceptors (Lipinski definition) is 5. The highest BCUT2D eigenvalue weighted by atomic mass is 16.5. The fourth-order valence-electron chi connectivity index (χ4n) is 13.2. The second-order valence-corrected chi connectivity index (χ2v) is 19.6. The van der Waals surface area contributed by atoms with Gasteiger partial charge in [0.15, 0.2) is 0 Å². The molecule has 7 nitrogen and oxygen atoms in total. The first kappa shape index (κ1) is 34.9. The van der Waals surface area contributed by atoms with Crippen molar-refractivity contribution in [2.75, 3.05) is 6.54 Å². The van der Waals surface area contributed by atoms with Gasteiger partial charge in [-0.15, -0.1) is 0 Å². The number of amides is 1. The number of ketones is 1. The molecule has 7 heteroatoms. The normalized spacial score (nSPS) is 44.1. The third-order valence-electron chi connectivity index (χ3n) is 16.1. The molecule has 0 heterocycles. The van der Waals surface area contributed by atoms with Gasteiger partial charge in [-0.3, -0.25) is 19.2 Å². The number of carboxylic acid groups (broad SMARTS) is 1. The molecular formula is C40H63NO6. The highest BCUT2D eigenvalue weighted by Gasteiger charge is 2.73. The maximum Gasteiger partial charge on any atom is 0.309 e. The Morgan fingerprint density at radius 3 is 2.19 bits per heavy atom. The van der Waals surface area contributed by atoms with Crippen LogP contribution in [-0.4, -0.2) is 41.4 Å². The number of hydrogen-bond donors (Lipinski definition) is 2. The van der Waals surface area contributed by atoms with Crippen molar-refractivity contribution in [1.82, 2.24) is 5.32 Å². The van der Waals surface area contributed by atoms with E-state index < -0.39 is 22.8 Å². The van der Waals surface area contributed by atoms with E-state index in [1.54, 1.807) is 13.8 Å². The van der Waals surface area contributed by atoms with E-state index in [9.17, 15) is 24.3 Å². The van der Waals surface area contributed by atoms with Gasteiger partial charge >= 0.3 is 11.9 Å². The zero-order chi connectivity index (χ0) is 34.5. The molecule has 0 aromatic rings. The molecule has 0 aliphatic heterocycles. The van der Waals surface area contributed by atoms with Gasteiger partial charge in [-0.1, -0.05) is 48.5 Å². The van der Waals surface area contributed by atoms with E-state index in [4.69, 9.17) is 4.74 Å². The first-order valence-corrected chi connectivity index (χ1v) is 19.0. The van der Waals surface area contributed by atoms with Crippen molar-refractivity contribution in [3.8, 4) is 0 Å². The summed E-state index contributed by atoms with van der Waals surface area (Å²) in [5.41, 5.74) is -1.71. The monoisotopic (exact) mass is 653 g/mol. The Morgan fingerprint density at radius 1 is 0.894 bits per heavy atom. The number of esters is 1. The first-order chi connectivity index (χ1) is 21.7. The van der Waals surface area contributed by atoms with Gasteiger partial charge in [-0.25, -0.2) is 0 Å². The van der Waals surface area contributed by atoms with E-state index in [2.05, 4.69) is 53.8 Å². The molecule has 6 rings (SSSR count). The first-order valence-electron chi connectivity index (χ1n) is 19.0. The summed E-state index contributed by atoms with van der Waals surface area (Å²) in [6.45, 7) is 20.5. The molecule has 4 unspecified atom stereocenters. The van der Waals surface area contributed by atoms with Gasteiger partial charge in [0, 0.05) is 24.3 Å². The molecule has 10 atom stereocenters. The maximum absolute atomic E-state index is 14.2. The second-order valence-electron chi connectivity index (χ2n) is 19.6. The molecular weight excluding hydrogens is 590 g/mol. The molecule has 0 saturated heterocycles. The number of carbonyl (C=O) groups excluding carboxylic acids is 3. The SMILES string of the molecule is CC(C)C1C(=O)C[C@]2(C(=O)NCC3CC3)CC[C@]3(C)[C@H](CCC4[C@@]5(C)CC[C@H](OC(=O)CC(C)(C)C(=O)O)C(C)(C)C5CC[C@]43C)C12. The van der Waals surface area contributed by atoms with Crippen LogP contribution in [0.3, 0.4) is 0 Å². The number of carboxylic acids is 1. The largest absolute Gasteiger partial charge is 0.481 e. The number of ether oxygens (including phenoxy) is 1. The molecule has 264 valence electrons. The van der Waals surface area contributed by atoms with Gasteiger partial charge < -0.3 is 15.2 Å². The Balaban J connectivity index is 1.27. The third-order valence-corrected chi connectivity index (χ3v) is 16.1. The maximum atomic E-state index is 14.2. The fourth-order valence-corrected chi connectivity index (χ4v) is 13.2. The molecule has 6 fully saturated rings. The molecule has 0 aromatic carbocycles. The number of carbonyl (C=O) groups is 4. The highest BCUT2D eigenvalue weighted by molar-refractivity contribution is 5.95. The number of rotatable bonds is 8. The second kappa shape index (κ2) is 11.3. The molecule has 0 bridgehead atoms. The lowest BCUT2D eigenvalue weighted by Gasteiger charge is -2.72. The number of aliphatic carboxylic acids is 1. The van der Waals surface area contributed by atoms with Crippen LogP contribution in [-0.2, 0) is 23.9 Å². The van der Waals surface area contributed by atoms with E-state index >= 15 is 0 Å². The van der Waals surface area contributed by atoms with Gasteiger partial charge in [0.25, 0.3) is 0 Å². The van der Waals surface area contributed by atoms with Crippen LogP contribution < -0.4 is 5.32 Å². The van der Waals surface area contributed by atoms with Gasteiger partial charge in [0.2, 0.25) is 5.91 Å². The zero-order valence-corrected chi connectivity index (χ0v) is 30.8. The third kappa shape index (κ3) is 5.15. The summed E-state index contributed by atoms with van der Waals surface area (Å²) in [5, 5.41) is 12.9. The number of nitrogens with one attached hydrogen (secondary N) is 1. The van der Waals surface area contributed by atoms with Crippen LogP contribution in [0, 0.1) is 73.9 Å². The van der Waals surface area contributed by atoms with E-state index in [1.165, 1.54) is 12.8 Å². The van der Waals surface area contributed by atoms with Gasteiger partial charge in [-0.2, -0.15) is 0 Å². The topological polar surface area (TPSA) is 110 Å². The minimum Gasteiger partial charge on any atom is -0.481 e. The average molecular weight is 654 g/mol. The van der Waals surface area contributed by atoms with Crippen LogP contribution in [0.2, 0.25) is 0 Å². The quantitative estimate of drug-likeness (QED) is 0.258. The van der Waals surface area contributed by atoms with Crippen molar-refractivity contribution in [1.29, 1.82) is 0 Å². The minimum atomic E-state index is -1.15. The lowest BCUT2D eigenvalue weighted by Crippen LogP contribution is -2.67. The summed E-state index contributed by atoms with van der Waals surface area (Å²) in [5.74, 6) is 1.25. The summed E-state index contributed by atoms with van der Waals surface area (Å²) < 4.78 is 6.14. The van der Waals surface area contributed by atoms with E-state index in [0.717, 1.165) is 57.9 Å². The van der Waals surface area contributed by atoms with Crippen molar-refractivity contribution >= 4 is 23.6 Å². The average Bonchev–Trinajstić information content (AvgIpc) is 3.74. The molecule has 6 aliphatic rings. The summed E-state index contributed by atoms with van der Waals surface area (Å²) in [7, 11) is 0. The Labute approximate surface area is 283 Å². The van der Waals surface area contributed by atoms with Crippen LogP contribution in [0.4, 0.5) is 0 Å². The van der Waals surface area contributed by atoms with E-state index in [0.29, 0.717) is 35.9 Å². The minimum absolute atomic E-state index is 0.0441. The lowest BCUT2D eigenvalue weighted by molar-refractivity contribution is -0.250. The molecule has 2 N–H and O–H groups in total. The van der Waals surface area contributed by atoms with Crippen molar-refractivity contribution in [2.24, 2.45) is 73.9 Å². The smallest absolute Gasteiger partial charge is 0.309 e.